The van der Waals surface area contributed by atoms with Crippen LogP contribution in [0.3, 0.4) is 0 Å². The predicted octanol–water partition coefficient (Wildman–Crippen LogP) is 2.13. The van der Waals surface area contributed by atoms with Gasteiger partial charge in [-0.15, -0.1) is 0 Å². The lowest BCUT2D eigenvalue weighted by molar-refractivity contribution is 0.0728. The number of aromatic nitrogens is 3. The molecule has 1 aliphatic rings. The molecule has 1 fully saturated rings. The van der Waals surface area contributed by atoms with Gasteiger partial charge in [-0.05, 0) is 36.4 Å². The van der Waals surface area contributed by atoms with Gasteiger partial charge in [-0.3, -0.25) is 9.59 Å². The largest absolute Gasteiger partial charge is 0.497 e. The highest BCUT2D eigenvalue weighted by Gasteiger charge is 2.26. The zero-order chi connectivity index (χ0) is 20.9. The molecule has 1 amide bonds. The summed E-state index contributed by atoms with van der Waals surface area (Å²) in [6.07, 6.45) is 4.99. The van der Waals surface area contributed by atoms with Crippen molar-refractivity contribution in [3.63, 3.8) is 0 Å². The lowest BCUT2D eigenvalue weighted by Crippen LogP contribution is -2.49. The van der Waals surface area contributed by atoms with Crippen molar-refractivity contribution < 1.29 is 14.3 Å². The Morgan fingerprint density at radius 1 is 0.967 bits per heavy atom. The molecule has 0 saturated carbocycles. The summed E-state index contributed by atoms with van der Waals surface area (Å²) in [6, 6.07) is 12.7. The van der Waals surface area contributed by atoms with Gasteiger partial charge in [0.25, 0.3) is 5.91 Å². The summed E-state index contributed by atoms with van der Waals surface area (Å²) in [7, 11) is 1.58. The van der Waals surface area contributed by atoms with Gasteiger partial charge in [0.2, 0.25) is 0 Å². The molecule has 4 rings (SSSR count). The van der Waals surface area contributed by atoms with Gasteiger partial charge < -0.3 is 19.1 Å². The Morgan fingerprint density at radius 2 is 1.73 bits per heavy atom. The predicted molar refractivity (Wildman–Crippen MR) is 112 cm³/mol. The average Bonchev–Trinajstić information content (AvgIpc) is 3.27. The first-order valence-electron chi connectivity index (χ1n) is 9.79. The van der Waals surface area contributed by atoms with Crippen LogP contribution in [0.1, 0.15) is 21.0 Å². The number of methoxy groups -OCH3 is 1. The van der Waals surface area contributed by atoms with Crippen molar-refractivity contribution in [1.29, 1.82) is 0 Å². The molecule has 0 N–H and O–H groups in total. The quantitative estimate of drug-likeness (QED) is 0.585. The lowest BCUT2D eigenvalue weighted by Gasteiger charge is -2.35. The highest BCUT2D eigenvalue weighted by atomic mass is 16.5. The Bertz CT molecular complexity index is 1010. The number of amides is 1. The normalized spacial score (nSPS) is 13.9. The van der Waals surface area contributed by atoms with E-state index in [1.54, 1.807) is 59.4 Å². The molecule has 3 heterocycles. The first-order chi connectivity index (χ1) is 14.7. The molecule has 0 spiro atoms. The monoisotopic (exact) mass is 405 g/mol. The fourth-order valence-electron chi connectivity index (χ4n) is 3.48. The number of ketones is 1. The standard InChI is InChI=1S/C22H23N5O3/c1-30-18-7-5-17(6-8-18)19(28)16-27-11-10-24-21(27)22(29)26-14-12-25(13-15-26)20-4-2-3-9-23-20/h2-11H,12-16H2,1H3. The zero-order valence-corrected chi connectivity index (χ0v) is 16.8. The van der Waals surface area contributed by atoms with Gasteiger partial charge in [-0.2, -0.15) is 0 Å². The van der Waals surface area contributed by atoms with E-state index in [4.69, 9.17) is 4.74 Å². The van der Waals surface area contributed by atoms with Crippen molar-refractivity contribution in [2.24, 2.45) is 0 Å². The number of carbonyl (C=O) groups is 2. The van der Waals surface area contributed by atoms with Crippen LogP contribution in [0.15, 0.2) is 61.1 Å². The van der Waals surface area contributed by atoms with E-state index >= 15 is 0 Å². The molecular formula is C22H23N5O3. The fraction of sp³-hybridized carbons (Fsp3) is 0.273. The first-order valence-corrected chi connectivity index (χ1v) is 9.79. The maximum Gasteiger partial charge on any atom is 0.289 e. The third-order valence-electron chi connectivity index (χ3n) is 5.17. The lowest BCUT2D eigenvalue weighted by atomic mass is 10.1. The number of hydrogen-bond donors (Lipinski definition) is 0. The second kappa shape index (κ2) is 8.77. The highest BCUT2D eigenvalue weighted by Crippen LogP contribution is 2.15. The van der Waals surface area contributed by atoms with E-state index in [9.17, 15) is 9.59 Å². The van der Waals surface area contributed by atoms with Crippen molar-refractivity contribution in [2.45, 2.75) is 6.54 Å². The van der Waals surface area contributed by atoms with Gasteiger partial charge in [0, 0.05) is 50.3 Å². The number of pyridine rings is 1. The van der Waals surface area contributed by atoms with E-state index in [0.29, 0.717) is 37.5 Å². The third-order valence-corrected chi connectivity index (χ3v) is 5.17. The molecule has 0 aliphatic carbocycles. The highest BCUT2D eigenvalue weighted by molar-refractivity contribution is 5.97. The van der Waals surface area contributed by atoms with Crippen molar-refractivity contribution in [3.05, 3.63) is 72.4 Å². The molecule has 30 heavy (non-hydrogen) atoms. The smallest absolute Gasteiger partial charge is 0.289 e. The molecule has 8 heteroatoms. The maximum atomic E-state index is 13.0. The van der Waals surface area contributed by atoms with Gasteiger partial charge in [0.1, 0.15) is 11.6 Å². The molecule has 0 radical (unpaired) electrons. The van der Waals surface area contributed by atoms with E-state index < -0.39 is 0 Å². The van der Waals surface area contributed by atoms with E-state index in [0.717, 1.165) is 5.82 Å². The van der Waals surface area contributed by atoms with E-state index in [2.05, 4.69) is 14.9 Å². The van der Waals surface area contributed by atoms with Gasteiger partial charge >= 0.3 is 0 Å². The van der Waals surface area contributed by atoms with Crippen LogP contribution in [-0.4, -0.2) is 64.4 Å². The molecule has 1 aliphatic heterocycles. The van der Waals surface area contributed by atoms with Crippen LogP contribution < -0.4 is 9.64 Å². The molecule has 154 valence electrons. The Hall–Kier alpha value is -3.68. The summed E-state index contributed by atoms with van der Waals surface area (Å²) in [5.74, 6) is 1.63. The van der Waals surface area contributed by atoms with Crippen LogP contribution in [-0.2, 0) is 6.54 Å². The third kappa shape index (κ3) is 4.17. The number of imidazole rings is 1. The molecule has 1 saturated heterocycles. The van der Waals surface area contributed by atoms with Crippen LogP contribution in [0.2, 0.25) is 0 Å². The second-order valence-corrected chi connectivity index (χ2v) is 7.00. The van der Waals surface area contributed by atoms with Gasteiger partial charge in [0.05, 0.1) is 13.7 Å². The van der Waals surface area contributed by atoms with Gasteiger partial charge in [-0.25, -0.2) is 9.97 Å². The molecule has 8 nitrogen and oxygen atoms in total. The maximum absolute atomic E-state index is 13.0. The molecule has 0 unspecified atom stereocenters. The van der Waals surface area contributed by atoms with Crippen LogP contribution in [0.5, 0.6) is 5.75 Å². The van der Waals surface area contributed by atoms with Crippen molar-refractivity contribution in [1.82, 2.24) is 19.4 Å². The summed E-state index contributed by atoms with van der Waals surface area (Å²) in [6.45, 7) is 2.62. The Balaban J connectivity index is 1.40. The van der Waals surface area contributed by atoms with Crippen molar-refractivity contribution in [2.75, 3.05) is 38.2 Å². The van der Waals surface area contributed by atoms with E-state index in [-0.39, 0.29) is 24.1 Å². The molecule has 0 atom stereocenters. The Morgan fingerprint density at radius 3 is 2.40 bits per heavy atom. The second-order valence-electron chi connectivity index (χ2n) is 7.00. The van der Waals surface area contributed by atoms with E-state index in [1.807, 2.05) is 18.2 Å². The van der Waals surface area contributed by atoms with Crippen LogP contribution in [0.25, 0.3) is 0 Å². The number of carbonyl (C=O) groups excluding carboxylic acids is 2. The topological polar surface area (TPSA) is 80.6 Å². The first kappa shape index (κ1) is 19.6. The van der Waals surface area contributed by atoms with Crippen LogP contribution in [0, 0.1) is 0 Å². The molecule has 1 aromatic carbocycles. The zero-order valence-electron chi connectivity index (χ0n) is 16.8. The van der Waals surface area contributed by atoms with Gasteiger partial charge in [-0.1, -0.05) is 6.07 Å². The van der Waals surface area contributed by atoms with Crippen LogP contribution in [0.4, 0.5) is 5.82 Å². The van der Waals surface area contributed by atoms with Crippen molar-refractivity contribution >= 4 is 17.5 Å². The minimum atomic E-state index is -0.164. The summed E-state index contributed by atoms with van der Waals surface area (Å²) in [5.41, 5.74) is 0.562. The summed E-state index contributed by atoms with van der Waals surface area (Å²) >= 11 is 0. The minimum Gasteiger partial charge on any atom is -0.497 e. The summed E-state index contributed by atoms with van der Waals surface area (Å²) in [4.78, 5) is 38.2. The Labute approximate surface area is 174 Å². The number of piperazine rings is 1. The number of nitrogens with zero attached hydrogens (tertiary/aromatic N) is 5. The summed E-state index contributed by atoms with van der Waals surface area (Å²) in [5, 5.41) is 0. The van der Waals surface area contributed by atoms with Crippen molar-refractivity contribution in [3.8, 4) is 5.75 Å². The average molecular weight is 405 g/mol. The Kier molecular flexibility index (Phi) is 5.74. The number of anilines is 1. The summed E-state index contributed by atoms with van der Waals surface area (Å²) < 4.78 is 6.74. The number of hydrogen-bond acceptors (Lipinski definition) is 6. The molecular weight excluding hydrogens is 382 g/mol. The number of ether oxygens (including phenoxy) is 1. The van der Waals surface area contributed by atoms with E-state index in [1.165, 1.54) is 0 Å². The fourth-order valence-corrected chi connectivity index (χ4v) is 3.48. The molecule has 0 bridgehead atoms. The number of rotatable bonds is 6. The molecule has 3 aromatic rings. The number of Topliss-reactive ketones (excluding diaryl/α,β-unsaturated/α-hetero) is 1. The van der Waals surface area contributed by atoms with Gasteiger partial charge in [0.15, 0.2) is 11.6 Å². The molecule has 2 aromatic heterocycles. The van der Waals surface area contributed by atoms with Crippen LogP contribution >= 0.6 is 0 Å². The SMILES string of the molecule is COc1ccc(C(=O)Cn2ccnc2C(=O)N2CCN(c3ccccn3)CC2)cc1. The minimum absolute atomic E-state index is 0.0568. The number of benzene rings is 1.